The average molecular weight is 591 g/mol. The monoisotopic (exact) mass is 590 g/mol. The van der Waals surface area contributed by atoms with Crippen LogP contribution in [-0.4, -0.2) is 63.3 Å². The van der Waals surface area contributed by atoms with Crippen LogP contribution in [0.3, 0.4) is 0 Å². The second kappa shape index (κ2) is 12.0. The summed E-state index contributed by atoms with van der Waals surface area (Å²) in [5.74, 6) is -1.48. The van der Waals surface area contributed by atoms with Crippen molar-refractivity contribution in [1.29, 1.82) is 10.7 Å². The van der Waals surface area contributed by atoms with Gasteiger partial charge in [0, 0.05) is 42.7 Å². The predicted molar refractivity (Wildman–Crippen MR) is 161 cm³/mol. The van der Waals surface area contributed by atoms with E-state index in [9.17, 15) is 24.4 Å². The molecule has 44 heavy (non-hydrogen) atoms. The van der Waals surface area contributed by atoms with Gasteiger partial charge in [0.1, 0.15) is 17.6 Å². The summed E-state index contributed by atoms with van der Waals surface area (Å²) in [6.45, 7) is 0.704. The molecule has 0 bridgehead atoms. The van der Waals surface area contributed by atoms with Crippen molar-refractivity contribution in [3.63, 3.8) is 0 Å². The van der Waals surface area contributed by atoms with Crippen molar-refractivity contribution < 1.29 is 19.2 Å². The molecule has 12 heteroatoms. The summed E-state index contributed by atoms with van der Waals surface area (Å²) in [6, 6.07) is 11.8. The van der Waals surface area contributed by atoms with Gasteiger partial charge in [0.25, 0.3) is 11.8 Å². The van der Waals surface area contributed by atoms with Crippen LogP contribution in [0.15, 0.2) is 48.8 Å². The number of allylic oxidation sites excluding steroid dienone is 1. The van der Waals surface area contributed by atoms with Crippen LogP contribution in [0.4, 0.5) is 5.69 Å². The number of hydrogen-bond donors (Lipinski definition) is 4. The molecule has 4 N–H and O–H groups in total. The third-order valence-corrected chi connectivity index (χ3v) is 8.41. The van der Waals surface area contributed by atoms with Crippen LogP contribution in [0, 0.1) is 22.7 Å². The number of nitriles is 1. The van der Waals surface area contributed by atoms with Crippen LogP contribution in [-0.2, 0) is 9.59 Å². The number of para-hydroxylation sites is 1. The fraction of sp³-hybridized carbons (Fsp3) is 0.312. The lowest BCUT2D eigenvalue weighted by atomic mass is 9.77. The SMILES string of the molecule is N#Cc1cccc2ncc(/C(C=N)=C/NC3CC(CCCNc4ccc5c(c4)C(=O)N(C4CCC(=O)NC4=O)C5=O)C3)nc12. The van der Waals surface area contributed by atoms with E-state index in [0.29, 0.717) is 46.4 Å². The summed E-state index contributed by atoms with van der Waals surface area (Å²) < 4.78 is 0. The number of nitrogens with zero attached hydrogens (tertiary/aromatic N) is 4. The van der Waals surface area contributed by atoms with Crippen molar-refractivity contribution in [3.8, 4) is 6.07 Å². The molecule has 1 saturated heterocycles. The smallest absolute Gasteiger partial charge is 0.262 e. The maximum atomic E-state index is 13.0. The molecule has 3 heterocycles. The number of carbonyl (C=O) groups is 4. The molecule has 1 aromatic heterocycles. The molecular weight excluding hydrogens is 560 g/mol. The van der Waals surface area contributed by atoms with Crippen molar-refractivity contribution >= 4 is 52.1 Å². The fourth-order valence-corrected chi connectivity index (χ4v) is 5.97. The summed E-state index contributed by atoms with van der Waals surface area (Å²) in [7, 11) is 0. The summed E-state index contributed by atoms with van der Waals surface area (Å²) in [5.41, 5.74) is 3.98. The number of imide groups is 2. The lowest BCUT2D eigenvalue weighted by molar-refractivity contribution is -0.136. The minimum atomic E-state index is -0.977. The molecule has 12 nitrogen and oxygen atoms in total. The van der Waals surface area contributed by atoms with E-state index in [-0.39, 0.29) is 24.0 Å². The van der Waals surface area contributed by atoms with Crippen molar-refractivity contribution in [1.82, 2.24) is 25.5 Å². The minimum Gasteiger partial charge on any atom is -0.388 e. The molecule has 1 unspecified atom stereocenters. The van der Waals surface area contributed by atoms with Crippen molar-refractivity contribution in [2.24, 2.45) is 5.92 Å². The number of piperidine rings is 1. The maximum Gasteiger partial charge on any atom is 0.262 e. The Morgan fingerprint density at radius 3 is 2.73 bits per heavy atom. The van der Waals surface area contributed by atoms with Gasteiger partial charge in [-0.05, 0) is 68.4 Å². The molecular formula is C32H30N8O4. The molecule has 1 saturated carbocycles. The Balaban J connectivity index is 0.963. The van der Waals surface area contributed by atoms with E-state index in [0.717, 1.165) is 36.3 Å². The van der Waals surface area contributed by atoms with Gasteiger partial charge in [0.2, 0.25) is 11.8 Å². The summed E-state index contributed by atoms with van der Waals surface area (Å²) >= 11 is 0. The van der Waals surface area contributed by atoms with Gasteiger partial charge >= 0.3 is 0 Å². The van der Waals surface area contributed by atoms with E-state index in [1.165, 1.54) is 6.21 Å². The van der Waals surface area contributed by atoms with Crippen molar-refractivity contribution in [2.75, 3.05) is 11.9 Å². The topological polar surface area (TPSA) is 181 Å². The molecule has 3 aromatic rings. The van der Waals surface area contributed by atoms with Gasteiger partial charge < -0.3 is 16.0 Å². The standard InChI is InChI=1S/C32H30N8O4/c33-14-19-4-1-5-25-29(19)38-26(17-37-25)20(15-34)16-36-22-11-18(12-22)3-2-10-35-21-6-7-23-24(13-21)32(44)40(31(23)43)27-8-9-28(41)39-30(27)42/h1,4-7,13,15-18,22,27,34-36H,2-3,8-12H2,(H,39,41,42)/b20-16+,34-15?. The molecule has 6 rings (SSSR count). The molecule has 222 valence electrons. The quantitative estimate of drug-likeness (QED) is 0.157. The highest BCUT2D eigenvalue weighted by Gasteiger charge is 2.44. The molecule has 0 spiro atoms. The van der Waals surface area contributed by atoms with Crippen LogP contribution in [0.1, 0.15) is 70.5 Å². The molecule has 4 amide bonds. The second-order valence-electron chi connectivity index (χ2n) is 11.3. The average Bonchev–Trinajstić information content (AvgIpc) is 3.25. The molecule has 2 fully saturated rings. The first kappa shape index (κ1) is 28.7. The van der Waals surface area contributed by atoms with Gasteiger partial charge in [-0.2, -0.15) is 5.26 Å². The van der Waals surface area contributed by atoms with E-state index in [1.54, 1.807) is 48.8 Å². The van der Waals surface area contributed by atoms with E-state index in [1.807, 2.05) is 0 Å². The van der Waals surface area contributed by atoms with Crippen LogP contribution >= 0.6 is 0 Å². The zero-order valence-corrected chi connectivity index (χ0v) is 23.8. The van der Waals surface area contributed by atoms with Crippen molar-refractivity contribution in [3.05, 3.63) is 71.2 Å². The third-order valence-electron chi connectivity index (χ3n) is 8.41. The van der Waals surface area contributed by atoms with Gasteiger partial charge in [-0.3, -0.25) is 34.4 Å². The van der Waals surface area contributed by atoms with Crippen LogP contribution < -0.4 is 16.0 Å². The molecule has 2 aromatic carbocycles. The Hall–Kier alpha value is -5.44. The van der Waals surface area contributed by atoms with Gasteiger partial charge in [-0.25, -0.2) is 4.98 Å². The van der Waals surface area contributed by atoms with Gasteiger partial charge in [0.15, 0.2) is 0 Å². The summed E-state index contributed by atoms with van der Waals surface area (Å²) in [5, 5.41) is 26.1. The number of aromatic nitrogens is 2. The van der Waals surface area contributed by atoms with Crippen molar-refractivity contribution in [2.45, 2.75) is 50.6 Å². The number of hydrogen-bond acceptors (Lipinski definition) is 10. The zero-order valence-electron chi connectivity index (χ0n) is 23.8. The predicted octanol–water partition coefficient (Wildman–Crippen LogP) is 3.15. The first-order valence-corrected chi connectivity index (χ1v) is 14.6. The number of nitrogens with one attached hydrogen (secondary N) is 4. The minimum absolute atomic E-state index is 0.0847. The van der Waals surface area contributed by atoms with Gasteiger partial charge in [-0.15, -0.1) is 0 Å². The number of benzene rings is 2. The van der Waals surface area contributed by atoms with Gasteiger partial charge in [-0.1, -0.05) is 6.07 Å². The first-order chi connectivity index (χ1) is 21.4. The first-order valence-electron chi connectivity index (χ1n) is 14.6. The van der Waals surface area contributed by atoms with Crippen LogP contribution in [0.5, 0.6) is 0 Å². The lowest BCUT2D eigenvalue weighted by Crippen LogP contribution is -2.54. The highest BCUT2D eigenvalue weighted by molar-refractivity contribution is 6.23. The second-order valence-corrected chi connectivity index (χ2v) is 11.3. The summed E-state index contributed by atoms with van der Waals surface area (Å²) in [4.78, 5) is 59.6. The Morgan fingerprint density at radius 2 is 1.95 bits per heavy atom. The Morgan fingerprint density at radius 1 is 1.14 bits per heavy atom. The Kier molecular flexibility index (Phi) is 7.85. The molecule has 1 aliphatic carbocycles. The van der Waals surface area contributed by atoms with Crippen LogP contribution in [0.2, 0.25) is 0 Å². The normalized spacial score (nSPS) is 21.4. The van der Waals surface area contributed by atoms with Crippen LogP contribution in [0.25, 0.3) is 16.6 Å². The number of carbonyl (C=O) groups excluding carboxylic acids is 4. The van der Waals surface area contributed by atoms with E-state index >= 15 is 0 Å². The highest BCUT2D eigenvalue weighted by atomic mass is 16.2. The Labute approximate surface area is 253 Å². The molecule has 0 radical (unpaired) electrons. The van der Waals surface area contributed by atoms with Gasteiger partial charge in [0.05, 0.1) is 34.1 Å². The molecule has 1 atom stereocenters. The highest BCUT2D eigenvalue weighted by Crippen LogP contribution is 2.32. The maximum absolute atomic E-state index is 13.0. The Bertz CT molecular complexity index is 1770. The fourth-order valence-electron chi connectivity index (χ4n) is 5.97. The molecule has 3 aliphatic rings. The number of amides is 4. The largest absolute Gasteiger partial charge is 0.388 e. The van der Waals surface area contributed by atoms with E-state index < -0.39 is 29.7 Å². The zero-order chi connectivity index (χ0) is 30.8. The summed E-state index contributed by atoms with van der Waals surface area (Å²) in [6.07, 6.45) is 8.83. The number of rotatable bonds is 10. The number of anilines is 1. The third kappa shape index (κ3) is 5.51. The molecule has 2 aliphatic heterocycles. The van der Waals surface area contributed by atoms with E-state index in [4.69, 9.17) is 5.41 Å². The number of fused-ring (bicyclic) bond motifs is 2. The van der Waals surface area contributed by atoms with E-state index in [2.05, 4.69) is 32.0 Å². The lowest BCUT2D eigenvalue weighted by Gasteiger charge is -2.36.